The molecule has 0 aromatic carbocycles. The number of hydrogen-bond donors (Lipinski definition) is 3. The first kappa shape index (κ1) is 24.2. The van der Waals surface area contributed by atoms with E-state index in [2.05, 4.69) is 34.2 Å². The van der Waals surface area contributed by atoms with Gasteiger partial charge < -0.3 is 10.6 Å². The largest absolute Gasteiger partial charge is 0.356 e. The molecule has 0 aromatic heterocycles. The third kappa shape index (κ3) is 18.0. The molecule has 0 aromatic rings. The number of nitrogens with zero attached hydrogens (tertiary/aromatic N) is 1. The van der Waals surface area contributed by atoms with Gasteiger partial charge in [0, 0.05) is 26.7 Å². The molecule has 0 aliphatic rings. The molecule has 134 valence electrons. The molecule has 0 aliphatic heterocycles. The highest BCUT2D eigenvalue weighted by atomic mass is 127. The Bertz CT molecular complexity index is 386. The van der Waals surface area contributed by atoms with Crippen LogP contribution in [0.1, 0.15) is 46.0 Å². The van der Waals surface area contributed by atoms with Gasteiger partial charge in [-0.15, -0.1) is 24.0 Å². The summed E-state index contributed by atoms with van der Waals surface area (Å²) in [4.78, 5) is 4.10. The van der Waals surface area contributed by atoms with Gasteiger partial charge in [-0.1, -0.05) is 39.5 Å². The summed E-state index contributed by atoms with van der Waals surface area (Å²) in [5.41, 5.74) is 0. The summed E-state index contributed by atoms with van der Waals surface area (Å²) >= 11 is 0. The number of aliphatic imine (C=N–C) groups is 1. The number of guanidine groups is 1. The molecule has 0 rings (SSSR count). The molecular weight excluding hydrogens is 415 g/mol. The van der Waals surface area contributed by atoms with Crippen LogP contribution in [0.2, 0.25) is 0 Å². The number of rotatable bonds is 11. The Morgan fingerprint density at radius 1 is 1.00 bits per heavy atom. The van der Waals surface area contributed by atoms with Crippen LogP contribution >= 0.6 is 24.0 Å². The number of unbranched alkanes of at least 4 members (excludes halogenated alkanes) is 3. The van der Waals surface area contributed by atoms with Crippen LogP contribution in [-0.4, -0.2) is 47.3 Å². The molecule has 8 heteroatoms. The summed E-state index contributed by atoms with van der Waals surface area (Å²) in [6, 6.07) is 0. The van der Waals surface area contributed by atoms with Gasteiger partial charge in [0.25, 0.3) is 0 Å². The molecule has 0 amide bonds. The van der Waals surface area contributed by atoms with Crippen LogP contribution in [0, 0.1) is 5.92 Å². The van der Waals surface area contributed by atoms with E-state index in [4.69, 9.17) is 0 Å². The Kier molecular flexibility index (Phi) is 15.9. The van der Waals surface area contributed by atoms with E-state index >= 15 is 0 Å². The average Bonchev–Trinajstić information content (AvgIpc) is 2.38. The Balaban J connectivity index is 0. The van der Waals surface area contributed by atoms with E-state index in [-0.39, 0.29) is 24.0 Å². The Hall–Kier alpha value is -0.0900. The van der Waals surface area contributed by atoms with Crippen molar-refractivity contribution in [3.63, 3.8) is 0 Å². The predicted molar refractivity (Wildman–Crippen MR) is 106 cm³/mol. The molecule has 0 aliphatic carbocycles. The third-order valence-electron chi connectivity index (χ3n) is 3.01. The lowest BCUT2D eigenvalue weighted by molar-refractivity contribution is 0.518. The monoisotopic (exact) mass is 448 g/mol. The highest BCUT2D eigenvalue weighted by Gasteiger charge is 2.00. The van der Waals surface area contributed by atoms with E-state index in [9.17, 15) is 8.42 Å². The lowest BCUT2D eigenvalue weighted by Crippen LogP contribution is -2.41. The molecule has 0 heterocycles. The minimum Gasteiger partial charge on any atom is -0.356 e. The zero-order valence-corrected chi connectivity index (χ0v) is 17.5. The molecule has 0 atom stereocenters. The van der Waals surface area contributed by atoms with Crippen molar-refractivity contribution in [2.45, 2.75) is 46.0 Å². The van der Waals surface area contributed by atoms with Gasteiger partial charge in [0.05, 0.1) is 6.26 Å². The molecule has 0 saturated heterocycles. The van der Waals surface area contributed by atoms with Crippen LogP contribution < -0.4 is 15.4 Å². The summed E-state index contributed by atoms with van der Waals surface area (Å²) in [5.74, 6) is 1.51. The molecular formula is C14H33IN4O2S. The smallest absolute Gasteiger partial charge is 0.208 e. The van der Waals surface area contributed by atoms with Crippen molar-refractivity contribution in [1.82, 2.24) is 15.4 Å². The lowest BCUT2D eigenvalue weighted by Gasteiger charge is -2.12. The van der Waals surface area contributed by atoms with Crippen molar-refractivity contribution in [1.29, 1.82) is 0 Å². The van der Waals surface area contributed by atoms with Crippen LogP contribution in [-0.2, 0) is 10.0 Å². The second-order valence-corrected chi connectivity index (χ2v) is 7.52. The first-order valence-corrected chi connectivity index (χ1v) is 9.63. The van der Waals surface area contributed by atoms with E-state index in [0.29, 0.717) is 19.0 Å². The molecule has 0 fully saturated rings. The quantitative estimate of drug-likeness (QED) is 0.195. The van der Waals surface area contributed by atoms with Gasteiger partial charge in [-0.3, -0.25) is 4.99 Å². The first-order chi connectivity index (χ1) is 9.85. The van der Waals surface area contributed by atoms with Crippen molar-refractivity contribution >= 4 is 40.0 Å². The molecule has 22 heavy (non-hydrogen) atoms. The van der Waals surface area contributed by atoms with E-state index in [0.717, 1.165) is 25.1 Å². The maximum atomic E-state index is 10.9. The zero-order valence-electron chi connectivity index (χ0n) is 14.3. The summed E-state index contributed by atoms with van der Waals surface area (Å²) in [6.07, 6.45) is 7.40. The van der Waals surface area contributed by atoms with Gasteiger partial charge in [0.1, 0.15) is 0 Å². The summed E-state index contributed by atoms with van der Waals surface area (Å²) in [7, 11) is -1.40. The second-order valence-electron chi connectivity index (χ2n) is 5.69. The maximum Gasteiger partial charge on any atom is 0.208 e. The maximum absolute atomic E-state index is 10.9. The second kappa shape index (κ2) is 14.5. The molecule has 3 N–H and O–H groups in total. The Morgan fingerprint density at radius 2 is 1.59 bits per heavy atom. The zero-order chi connectivity index (χ0) is 16.1. The van der Waals surface area contributed by atoms with Gasteiger partial charge in [0.15, 0.2) is 5.96 Å². The highest BCUT2D eigenvalue weighted by molar-refractivity contribution is 14.0. The van der Waals surface area contributed by atoms with Gasteiger partial charge >= 0.3 is 0 Å². The fraction of sp³-hybridized carbons (Fsp3) is 0.929. The molecule has 0 bridgehead atoms. The van der Waals surface area contributed by atoms with Gasteiger partial charge in [-0.05, 0) is 12.3 Å². The van der Waals surface area contributed by atoms with E-state index < -0.39 is 10.0 Å². The standard InChI is InChI=1S/C14H32N4O2S.HI/c1-13(2)9-7-5-6-8-10-16-14(15-3)17-11-12-18-21(4,19)20;/h13,18H,5-12H2,1-4H3,(H2,15,16,17);1H. The van der Waals surface area contributed by atoms with Gasteiger partial charge in [-0.2, -0.15) is 0 Å². The number of nitrogens with one attached hydrogen (secondary N) is 3. The molecule has 0 radical (unpaired) electrons. The summed E-state index contributed by atoms with van der Waals surface area (Å²) in [5, 5.41) is 6.30. The lowest BCUT2D eigenvalue weighted by atomic mass is 10.0. The number of halogens is 1. The number of hydrogen-bond acceptors (Lipinski definition) is 3. The van der Waals surface area contributed by atoms with Crippen LogP contribution in [0.15, 0.2) is 4.99 Å². The third-order valence-corrected chi connectivity index (χ3v) is 3.73. The average molecular weight is 448 g/mol. The Morgan fingerprint density at radius 3 is 2.14 bits per heavy atom. The fourth-order valence-electron chi connectivity index (χ4n) is 1.88. The summed E-state index contributed by atoms with van der Waals surface area (Å²) < 4.78 is 24.2. The van der Waals surface area contributed by atoms with Crippen molar-refractivity contribution in [2.24, 2.45) is 10.9 Å². The SMILES string of the molecule is CN=C(NCCCCCCC(C)C)NCCNS(C)(=O)=O.I. The van der Waals surface area contributed by atoms with Crippen LogP contribution in [0.4, 0.5) is 0 Å². The molecule has 6 nitrogen and oxygen atoms in total. The molecule has 0 saturated carbocycles. The number of sulfonamides is 1. The highest BCUT2D eigenvalue weighted by Crippen LogP contribution is 2.08. The first-order valence-electron chi connectivity index (χ1n) is 7.74. The van der Waals surface area contributed by atoms with E-state index in [1.807, 2.05) is 0 Å². The van der Waals surface area contributed by atoms with E-state index in [1.165, 1.54) is 25.7 Å². The minimum atomic E-state index is -3.12. The van der Waals surface area contributed by atoms with Crippen molar-refractivity contribution in [3.05, 3.63) is 0 Å². The van der Waals surface area contributed by atoms with Crippen LogP contribution in [0.25, 0.3) is 0 Å². The van der Waals surface area contributed by atoms with Crippen LogP contribution in [0.5, 0.6) is 0 Å². The Labute approximate surface area is 153 Å². The molecule has 0 unspecified atom stereocenters. The topological polar surface area (TPSA) is 82.6 Å². The van der Waals surface area contributed by atoms with Crippen molar-refractivity contribution < 1.29 is 8.42 Å². The van der Waals surface area contributed by atoms with Crippen molar-refractivity contribution in [2.75, 3.05) is 32.9 Å². The van der Waals surface area contributed by atoms with Crippen molar-refractivity contribution in [3.8, 4) is 0 Å². The van der Waals surface area contributed by atoms with Gasteiger partial charge in [-0.25, -0.2) is 13.1 Å². The summed E-state index contributed by atoms with van der Waals surface area (Å²) in [6.45, 7) is 6.28. The van der Waals surface area contributed by atoms with E-state index in [1.54, 1.807) is 7.05 Å². The minimum absolute atomic E-state index is 0. The van der Waals surface area contributed by atoms with Crippen LogP contribution in [0.3, 0.4) is 0 Å². The van der Waals surface area contributed by atoms with Gasteiger partial charge in [0.2, 0.25) is 10.0 Å². The fourth-order valence-corrected chi connectivity index (χ4v) is 2.35. The predicted octanol–water partition coefficient (Wildman–Crippen LogP) is 1.93. The molecule has 0 spiro atoms. The normalized spacial score (nSPS) is 12.1.